The summed E-state index contributed by atoms with van der Waals surface area (Å²) in [6.07, 6.45) is 3.64. The minimum Gasteiger partial charge on any atom is -0.444 e. The third-order valence-electron chi connectivity index (χ3n) is 5.06. The fourth-order valence-corrected chi connectivity index (χ4v) is 2.98. The van der Waals surface area contributed by atoms with Crippen molar-refractivity contribution in [3.05, 3.63) is 39.9 Å². The molecule has 0 saturated carbocycles. The highest BCUT2D eigenvalue weighted by atomic mass is 16.6. The normalized spacial score (nSPS) is 11.0. The molecule has 0 bridgehead atoms. The first-order valence-corrected chi connectivity index (χ1v) is 9.60. The maximum Gasteiger partial charge on any atom is 0.410 e. The van der Waals surface area contributed by atoms with Crippen LogP contribution in [0.4, 0.5) is 10.5 Å². The van der Waals surface area contributed by atoms with Crippen LogP contribution in [0.1, 0.15) is 58.9 Å². The predicted molar refractivity (Wildman–Crippen MR) is 103 cm³/mol. The van der Waals surface area contributed by atoms with Crippen LogP contribution >= 0.6 is 0 Å². The van der Waals surface area contributed by atoms with Gasteiger partial charge < -0.3 is 9.64 Å². The highest BCUT2D eigenvalue weighted by Crippen LogP contribution is 2.20. The van der Waals surface area contributed by atoms with Crippen LogP contribution in [0.15, 0.2) is 24.3 Å². The maximum atomic E-state index is 12.7. The van der Waals surface area contributed by atoms with Crippen molar-refractivity contribution in [3.8, 4) is 0 Å². The number of carbonyl (C=O) groups excluding carboxylic acids is 1. The standard InChI is InChI=1S/C20H32N2O4/c1-5-16(6-2)13-21(14-17(7-3)8-4)20(23)26-15-18-11-9-10-12-19(18)22(24)25/h9-12,16-17H,5-8,13-15H2,1-4H3. The second kappa shape index (κ2) is 11.5. The highest BCUT2D eigenvalue weighted by Gasteiger charge is 2.22. The van der Waals surface area contributed by atoms with Gasteiger partial charge >= 0.3 is 6.09 Å². The molecule has 1 rings (SSSR count). The van der Waals surface area contributed by atoms with E-state index in [1.807, 2.05) is 0 Å². The molecule has 0 aromatic heterocycles. The van der Waals surface area contributed by atoms with E-state index in [4.69, 9.17) is 4.74 Å². The number of para-hydroxylation sites is 1. The summed E-state index contributed by atoms with van der Waals surface area (Å²) in [4.78, 5) is 25.1. The van der Waals surface area contributed by atoms with Crippen LogP contribution in [-0.2, 0) is 11.3 Å². The largest absolute Gasteiger partial charge is 0.444 e. The molecule has 6 nitrogen and oxygen atoms in total. The molecule has 0 atom stereocenters. The molecule has 0 spiro atoms. The predicted octanol–water partition coefficient (Wildman–Crippen LogP) is 5.41. The Labute approximate surface area is 156 Å². The van der Waals surface area contributed by atoms with Crippen molar-refractivity contribution in [2.75, 3.05) is 13.1 Å². The van der Waals surface area contributed by atoms with Crippen LogP contribution in [0.5, 0.6) is 0 Å². The molecule has 146 valence electrons. The molecule has 6 heteroatoms. The van der Waals surface area contributed by atoms with Gasteiger partial charge in [-0.2, -0.15) is 0 Å². The Hall–Kier alpha value is -2.11. The van der Waals surface area contributed by atoms with Crippen molar-refractivity contribution in [1.29, 1.82) is 0 Å². The molecule has 1 aromatic rings. The molecular formula is C20H32N2O4. The van der Waals surface area contributed by atoms with Gasteiger partial charge in [-0.15, -0.1) is 0 Å². The Balaban J connectivity index is 2.82. The van der Waals surface area contributed by atoms with E-state index >= 15 is 0 Å². The first-order chi connectivity index (χ1) is 12.5. The lowest BCUT2D eigenvalue weighted by Gasteiger charge is -2.29. The summed E-state index contributed by atoms with van der Waals surface area (Å²) in [5, 5.41) is 11.1. The average Bonchev–Trinajstić information content (AvgIpc) is 2.66. The number of nitro groups is 1. The van der Waals surface area contributed by atoms with Gasteiger partial charge in [0.25, 0.3) is 5.69 Å². The lowest BCUT2D eigenvalue weighted by molar-refractivity contribution is -0.385. The lowest BCUT2D eigenvalue weighted by atomic mass is 10.00. The maximum absolute atomic E-state index is 12.7. The Morgan fingerprint density at radius 2 is 1.54 bits per heavy atom. The molecule has 1 amide bonds. The molecule has 26 heavy (non-hydrogen) atoms. The smallest absolute Gasteiger partial charge is 0.410 e. The highest BCUT2D eigenvalue weighted by molar-refractivity contribution is 5.67. The molecule has 0 unspecified atom stereocenters. The number of amides is 1. The van der Waals surface area contributed by atoms with Gasteiger partial charge in [-0.05, 0) is 17.9 Å². The molecular weight excluding hydrogens is 332 g/mol. The van der Waals surface area contributed by atoms with Gasteiger partial charge in [-0.3, -0.25) is 10.1 Å². The minimum absolute atomic E-state index is 0.0214. The zero-order valence-electron chi connectivity index (χ0n) is 16.4. The zero-order chi connectivity index (χ0) is 19.5. The van der Waals surface area contributed by atoms with E-state index < -0.39 is 4.92 Å². The van der Waals surface area contributed by atoms with Crippen LogP contribution < -0.4 is 0 Å². The van der Waals surface area contributed by atoms with Gasteiger partial charge in [0.05, 0.1) is 10.5 Å². The summed E-state index contributed by atoms with van der Waals surface area (Å²) >= 11 is 0. The number of carbonyl (C=O) groups is 1. The van der Waals surface area contributed by atoms with E-state index in [0.717, 1.165) is 25.7 Å². The van der Waals surface area contributed by atoms with Crippen LogP contribution in [0.25, 0.3) is 0 Å². The van der Waals surface area contributed by atoms with Crippen LogP contribution in [0.2, 0.25) is 0 Å². The first kappa shape index (κ1) is 21.9. The van der Waals surface area contributed by atoms with E-state index in [2.05, 4.69) is 27.7 Å². The Kier molecular flexibility index (Phi) is 9.70. The van der Waals surface area contributed by atoms with Crippen molar-refractivity contribution in [1.82, 2.24) is 4.90 Å². The average molecular weight is 364 g/mol. The summed E-state index contributed by atoms with van der Waals surface area (Å²) in [7, 11) is 0. The molecule has 1 aromatic carbocycles. The topological polar surface area (TPSA) is 72.7 Å². The SMILES string of the molecule is CCC(CC)CN(CC(CC)CC)C(=O)OCc1ccccc1[N+](=O)[O-]. The third kappa shape index (κ3) is 6.65. The number of nitro benzene ring substituents is 1. The van der Waals surface area contributed by atoms with Crippen molar-refractivity contribution < 1.29 is 14.5 Å². The second-order valence-corrected chi connectivity index (χ2v) is 6.71. The molecule has 0 fully saturated rings. The van der Waals surface area contributed by atoms with E-state index in [-0.39, 0.29) is 18.4 Å². The monoisotopic (exact) mass is 364 g/mol. The Bertz CT molecular complexity index is 555. The molecule has 0 N–H and O–H groups in total. The number of hydrogen-bond acceptors (Lipinski definition) is 4. The van der Waals surface area contributed by atoms with Crippen molar-refractivity contribution in [3.63, 3.8) is 0 Å². The van der Waals surface area contributed by atoms with Gasteiger partial charge in [0.15, 0.2) is 0 Å². The Morgan fingerprint density at radius 3 is 2.00 bits per heavy atom. The van der Waals surface area contributed by atoms with E-state index in [0.29, 0.717) is 30.5 Å². The van der Waals surface area contributed by atoms with Gasteiger partial charge in [0.2, 0.25) is 0 Å². The van der Waals surface area contributed by atoms with Crippen LogP contribution in [0, 0.1) is 22.0 Å². The Morgan fingerprint density at radius 1 is 1.04 bits per heavy atom. The summed E-state index contributed by atoms with van der Waals surface area (Å²) in [5.74, 6) is 0.867. The number of ether oxygens (including phenoxy) is 1. The molecule has 0 heterocycles. The van der Waals surface area contributed by atoms with E-state index in [1.54, 1.807) is 23.1 Å². The molecule has 0 saturated heterocycles. The number of benzene rings is 1. The van der Waals surface area contributed by atoms with E-state index in [9.17, 15) is 14.9 Å². The number of nitrogens with zero attached hydrogens (tertiary/aromatic N) is 2. The van der Waals surface area contributed by atoms with Crippen LogP contribution in [0.3, 0.4) is 0 Å². The molecule has 0 aliphatic heterocycles. The van der Waals surface area contributed by atoms with Crippen molar-refractivity contribution in [2.45, 2.75) is 60.0 Å². The van der Waals surface area contributed by atoms with Crippen LogP contribution in [-0.4, -0.2) is 29.0 Å². The van der Waals surface area contributed by atoms with Gasteiger partial charge in [0, 0.05) is 19.2 Å². The summed E-state index contributed by atoms with van der Waals surface area (Å²) in [5.41, 5.74) is 0.391. The summed E-state index contributed by atoms with van der Waals surface area (Å²) in [6, 6.07) is 6.37. The third-order valence-corrected chi connectivity index (χ3v) is 5.06. The summed E-state index contributed by atoms with van der Waals surface area (Å²) in [6.45, 7) is 9.76. The van der Waals surface area contributed by atoms with Crippen molar-refractivity contribution in [2.24, 2.45) is 11.8 Å². The van der Waals surface area contributed by atoms with Gasteiger partial charge in [-0.1, -0.05) is 65.5 Å². The quantitative estimate of drug-likeness (QED) is 0.389. The zero-order valence-corrected chi connectivity index (χ0v) is 16.4. The van der Waals surface area contributed by atoms with E-state index in [1.165, 1.54) is 6.07 Å². The second-order valence-electron chi connectivity index (χ2n) is 6.71. The number of rotatable bonds is 11. The van der Waals surface area contributed by atoms with Crippen molar-refractivity contribution >= 4 is 11.8 Å². The first-order valence-electron chi connectivity index (χ1n) is 9.60. The molecule has 0 radical (unpaired) electrons. The fourth-order valence-electron chi connectivity index (χ4n) is 2.98. The molecule has 0 aliphatic rings. The van der Waals surface area contributed by atoms with Gasteiger partial charge in [-0.25, -0.2) is 4.79 Å². The number of hydrogen-bond donors (Lipinski definition) is 0. The minimum atomic E-state index is -0.449. The summed E-state index contributed by atoms with van der Waals surface area (Å²) < 4.78 is 5.44. The fraction of sp³-hybridized carbons (Fsp3) is 0.650. The lowest BCUT2D eigenvalue weighted by Crippen LogP contribution is -2.39. The molecule has 0 aliphatic carbocycles. The van der Waals surface area contributed by atoms with Gasteiger partial charge in [0.1, 0.15) is 6.61 Å².